The van der Waals surface area contributed by atoms with Crippen LogP contribution in [0.3, 0.4) is 0 Å². The van der Waals surface area contributed by atoms with E-state index in [2.05, 4.69) is 46.5 Å². The van der Waals surface area contributed by atoms with Gasteiger partial charge in [0.05, 0.1) is 11.9 Å². The molecular weight excluding hydrogens is 270 g/mol. The highest BCUT2D eigenvalue weighted by Crippen LogP contribution is 2.39. The molecule has 2 fully saturated rings. The van der Waals surface area contributed by atoms with E-state index in [4.69, 9.17) is 5.10 Å². The van der Waals surface area contributed by atoms with Gasteiger partial charge < -0.3 is 5.32 Å². The summed E-state index contributed by atoms with van der Waals surface area (Å²) in [6, 6.07) is 11.2. The van der Waals surface area contributed by atoms with E-state index in [0.717, 1.165) is 12.3 Å². The lowest BCUT2D eigenvalue weighted by molar-refractivity contribution is 0.386. The van der Waals surface area contributed by atoms with Crippen molar-refractivity contribution in [3.8, 4) is 5.69 Å². The lowest BCUT2D eigenvalue weighted by Crippen LogP contribution is -2.36. The predicted molar refractivity (Wildman–Crippen MR) is 89.5 cm³/mol. The van der Waals surface area contributed by atoms with Gasteiger partial charge in [0.2, 0.25) is 0 Å². The van der Waals surface area contributed by atoms with Crippen LogP contribution in [-0.4, -0.2) is 22.4 Å². The minimum absolute atomic E-state index is 0.617. The van der Waals surface area contributed by atoms with Gasteiger partial charge >= 0.3 is 0 Å². The topological polar surface area (TPSA) is 29.9 Å². The van der Waals surface area contributed by atoms with Crippen molar-refractivity contribution in [3.05, 3.63) is 47.8 Å². The first-order valence-corrected chi connectivity index (χ1v) is 8.77. The molecule has 1 N–H and O–H groups in total. The first kappa shape index (κ1) is 14.0. The van der Waals surface area contributed by atoms with E-state index < -0.39 is 0 Å². The highest BCUT2D eigenvalue weighted by Gasteiger charge is 2.27. The van der Waals surface area contributed by atoms with Gasteiger partial charge in [0.15, 0.2) is 0 Å². The molecule has 1 atom stereocenters. The van der Waals surface area contributed by atoms with Crippen molar-refractivity contribution in [1.82, 2.24) is 15.1 Å². The summed E-state index contributed by atoms with van der Waals surface area (Å²) in [6.07, 6.45) is 11.3. The summed E-state index contributed by atoms with van der Waals surface area (Å²) in [4.78, 5) is 0. The molecule has 3 heteroatoms. The zero-order valence-electron chi connectivity index (χ0n) is 13.2. The zero-order chi connectivity index (χ0) is 14.8. The van der Waals surface area contributed by atoms with Crippen LogP contribution in [0.4, 0.5) is 0 Å². The molecule has 1 saturated carbocycles. The second kappa shape index (κ2) is 6.25. The van der Waals surface area contributed by atoms with Crippen molar-refractivity contribution in [2.75, 3.05) is 6.54 Å². The molecule has 0 bridgehead atoms. The lowest BCUT2D eigenvalue weighted by Gasteiger charge is -2.28. The number of piperidine rings is 1. The minimum atomic E-state index is 0.617. The summed E-state index contributed by atoms with van der Waals surface area (Å²) in [5.41, 5.74) is 4.14. The molecular formula is C19H25N3. The quantitative estimate of drug-likeness (QED) is 0.929. The first-order valence-electron chi connectivity index (χ1n) is 8.77. The van der Waals surface area contributed by atoms with Gasteiger partial charge in [-0.05, 0) is 55.8 Å². The molecule has 2 heterocycles. The molecule has 4 rings (SSSR count). The molecule has 22 heavy (non-hydrogen) atoms. The summed E-state index contributed by atoms with van der Waals surface area (Å²) in [5.74, 6) is 0.746. The average molecular weight is 295 g/mol. The number of nitrogens with zero attached hydrogens (tertiary/aromatic N) is 2. The summed E-state index contributed by atoms with van der Waals surface area (Å²) in [6.45, 7) is 1.17. The third kappa shape index (κ3) is 2.70. The Labute approximate surface area is 132 Å². The maximum Gasteiger partial charge on any atom is 0.0648 e. The molecule has 1 aliphatic heterocycles. The smallest absolute Gasteiger partial charge is 0.0648 e. The summed E-state index contributed by atoms with van der Waals surface area (Å²) in [7, 11) is 0. The van der Waals surface area contributed by atoms with Crippen LogP contribution in [-0.2, 0) is 6.42 Å². The Hall–Kier alpha value is -1.61. The van der Waals surface area contributed by atoms with Gasteiger partial charge in [-0.25, -0.2) is 4.68 Å². The number of para-hydroxylation sites is 1. The van der Waals surface area contributed by atoms with Crippen LogP contribution >= 0.6 is 0 Å². The van der Waals surface area contributed by atoms with Crippen molar-refractivity contribution < 1.29 is 0 Å². The maximum atomic E-state index is 4.74. The van der Waals surface area contributed by atoms with Gasteiger partial charge in [0, 0.05) is 18.2 Å². The molecule has 0 spiro atoms. The van der Waals surface area contributed by atoms with Crippen LogP contribution in [0.2, 0.25) is 0 Å². The molecule has 1 aromatic carbocycles. The molecule has 1 aromatic heterocycles. The van der Waals surface area contributed by atoms with E-state index >= 15 is 0 Å². The van der Waals surface area contributed by atoms with Gasteiger partial charge in [-0.2, -0.15) is 5.10 Å². The molecule has 116 valence electrons. The largest absolute Gasteiger partial charge is 0.314 e. The van der Waals surface area contributed by atoms with Crippen LogP contribution in [0.1, 0.15) is 55.7 Å². The Morgan fingerprint density at radius 3 is 2.59 bits per heavy atom. The molecule has 1 saturated heterocycles. The van der Waals surface area contributed by atoms with Gasteiger partial charge in [-0.15, -0.1) is 0 Å². The molecule has 2 aliphatic rings. The number of nitrogens with one attached hydrogen (secondary N) is 1. The normalized spacial score (nSPS) is 22.5. The van der Waals surface area contributed by atoms with Gasteiger partial charge in [-0.3, -0.25) is 0 Å². The van der Waals surface area contributed by atoms with E-state index in [1.807, 2.05) is 0 Å². The maximum absolute atomic E-state index is 4.74. The summed E-state index contributed by atoms with van der Waals surface area (Å²) < 4.78 is 2.18. The molecule has 0 radical (unpaired) electrons. The number of rotatable bonds is 4. The van der Waals surface area contributed by atoms with Crippen LogP contribution in [0.25, 0.3) is 5.69 Å². The Balaban J connectivity index is 1.66. The van der Waals surface area contributed by atoms with E-state index in [1.165, 1.54) is 62.0 Å². The number of aromatic nitrogens is 2. The van der Waals surface area contributed by atoms with Crippen molar-refractivity contribution in [2.24, 2.45) is 0 Å². The fourth-order valence-electron chi connectivity index (χ4n) is 3.77. The Morgan fingerprint density at radius 2 is 1.91 bits per heavy atom. The van der Waals surface area contributed by atoms with Gasteiger partial charge in [-0.1, -0.05) is 31.0 Å². The highest BCUT2D eigenvalue weighted by atomic mass is 15.3. The highest BCUT2D eigenvalue weighted by molar-refractivity contribution is 5.37. The van der Waals surface area contributed by atoms with Crippen LogP contribution in [0.15, 0.2) is 36.5 Å². The summed E-state index contributed by atoms with van der Waals surface area (Å²) in [5, 5.41) is 8.44. The zero-order valence-corrected chi connectivity index (χ0v) is 13.2. The lowest BCUT2D eigenvalue weighted by atomic mass is 9.79. The second-order valence-corrected chi connectivity index (χ2v) is 6.77. The van der Waals surface area contributed by atoms with Gasteiger partial charge in [0.1, 0.15) is 0 Å². The van der Waals surface area contributed by atoms with E-state index in [9.17, 15) is 0 Å². The molecule has 1 aliphatic carbocycles. The van der Waals surface area contributed by atoms with Crippen molar-refractivity contribution in [1.29, 1.82) is 0 Å². The first-order chi connectivity index (χ1) is 10.9. The van der Waals surface area contributed by atoms with E-state index in [1.54, 1.807) is 0 Å². The molecule has 0 amide bonds. The van der Waals surface area contributed by atoms with E-state index in [-0.39, 0.29) is 0 Å². The average Bonchev–Trinajstić information content (AvgIpc) is 2.91. The van der Waals surface area contributed by atoms with E-state index in [0.29, 0.717) is 6.04 Å². The molecule has 1 unspecified atom stereocenters. The number of hydrogen-bond donors (Lipinski definition) is 1. The van der Waals surface area contributed by atoms with Crippen molar-refractivity contribution in [3.63, 3.8) is 0 Å². The molecule has 3 nitrogen and oxygen atoms in total. The molecule has 2 aromatic rings. The third-order valence-corrected chi connectivity index (χ3v) is 5.30. The minimum Gasteiger partial charge on any atom is -0.314 e. The second-order valence-electron chi connectivity index (χ2n) is 6.77. The van der Waals surface area contributed by atoms with Crippen LogP contribution < -0.4 is 5.32 Å². The summed E-state index contributed by atoms with van der Waals surface area (Å²) >= 11 is 0. The monoisotopic (exact) mass is 295 g/mol. The predicted octanol–water partition coefficient (Wildman–Crippen LogP) is 3.82. The Bertz CT molecular complexity index is 607. The van der Waals surface area contributed by atoms with Crippen LogP contribution in [0.5, 0.6) is 0 Å². The van der Waals surface area contributed by atoms with Crippen molar-refractivity contribution in [2.45, 2.75) is 56.9 Å². The fraction of sp³-hybridized carbons (Fsp3) is 0.526. The Morgan fingerprint density at radius 1 is 1.05 bits per heavy atom. The fourth-order valence-corrected chi connectivity index (χ4v) is 3.77. The van der Waals surface area contributed by atoms with Crippen LogP contribution in [0, 0.1) is 0 Å². The number of benzene rings is 1. The van der Waals surface area contributed by atoms with Gasteiger partial charge in [0.25, 0.3) is 0 Å². The van der Waals surface area contributed by atoms with Crippen molar-refractivity contribution >= 4 is 0 Å². The Kier molecular flexibility index (Phi) is 3.98. The standard InChI is InChI=1S/C19H25N3/c1-2-10-17(11-3-1)22-19(13-16-9-4-5-12-20-16)18(14-21-22)15-7-6-8-15/h1-3,10-11,14-16,20H,4-9,12-13H2. The third-order valence-electron chi connectivity index (χ3n) is 5.30. The number of hydrogen-bond acceptors (Lipinski definition) is 2. The SMILES string of the molecule is c1ccc(-n2ncc(C3CCC3)c2CC2CCCCN2)cc1.